The fourth-order valence-electron chi connectivity index (χ4n) is 3.40. The molecule has 1 fully saturated rings. The molecule has 1 aliphatic heterocycles. The van der Waals surface area contributed by atoms with Crippen LogP contribution in [0.4, 0.5) is 5.69 Å². The van der Waals surface area contributed by atoms with E-state index in [-0.39, 0.29) is 0 Å². The smallest absolute Gasteiger partial charge is 0.194 e. The third kappa shape index (κ3) is 4.93. The van der Waals surface area contributed by atoms with Gasteiger partial charge in [0.15, 0.2) is 5.96 Å². The maximum atomic E-state index is 10.1. The molecule has 146 valence electrons. The largest absolute Gasteiger partial charge is 0.506 e. The van der Waals surface area contributed by atoms with Crippen molar-refractivity contribution in [2.75, 3.05) is 44.2 Å². The number of H-pyrrole nitrogens is 1. The summed E-state index contributed by atoms with van der Waals surface area (Å²) in [7, 11) is 0. The van der Waals surface area contributed by atoms with Gasteiger partial charge in [-0.1, -0.05) is 12.1 Å². The highest BCUT2D eigenvalue weighted by Crippen LogP contribution is 2.27. The molecule has 27 heavy (non-hydrogen) atoms. The molecule has 0 bridgehead atoms. The Balaban J connectivity index is 1.53. The molecule has 3 rings (SSSR count). The summed E-state index contributed by atoms with van der Waals surface area (Å²) in [5, 5.41) is 20.5. The van der Waals surface area contributed by atoms with Gasteiger partial charge in [-0.15, -0.1) is 0 Å². The van der Waals surface area contributed by atoms with Crippen molar-refractivity contribution < 1.29 is 5.11 Å². The van der Waals surface area contributed by atoms with Gasteiger partial charge in [0.25, 0.3) is 0 Å². The van der Waals surface area contributed by atoms with Crippen molar-refractivity contribution in [1.82, 2.24) is 20.4 Å². The number of anilines is 1. The topological polar surface area (TPSA) is 79.8 Å². The first-order valence-corrected chi connectivity index (χ1v) is 9.74. The molecular weight excluding hydrogens is 340 g/mol. The van der Waals surface area contributed by atoms with Crippen molar-refractivity contribution in [1.29, 1.82) is 0 Å². The number of piperazine rings is 1. The summed E-state index contributed by atoms with van der Waals surface area (Å²) in [6.45, 7) is 9.34. The van der Waals surface area contributed by atoms with E-state index >= 15 is 0 Å². The first kappa shape index (κ1) is 19.1. The number of hydrogen-bond donors (Lipinski definition) is 3. The van der Waals surface area contributed by atoms with Gasteiger partial charge in [0.05, 0.1) is 11.9 Å². The molecule has 0 radical (unpaired) electrons. The van der Waals surface area contributed by atoms with E-state index in [1.807, 2.05) is 24.4 Å². The number of nitrogens with zero attached hydrogens (tertiary/aromatic N) is 4. The highest BCUT2D eigenvalue weighted by molar-refractivity contribution is 5.80. The van der Waals surface area contributed by atoms with Crippen molar-refractivity contribution in [3.05, 3.63) is 41.7 Å². The molecule has 0 unspecified atom stereocenters. The highest BCUT2D eigenvalue weighted by Gasteiger charge is 2.21. The average molecular weight is 371 g/mol. The number of para-hydroxylation sites is 2. The minimum atomic E-state index is 0.348. The Bertz CT molecular complexity index is 748. The van der Waals surface area contributed by atoms with E-state index in [4.69, 9.17) is 4.99 Å². The maximum Gasteiger partial charge on any atom is 0.194 e. The lowest BCUT2D eigenvalue weighted by Gasteiger charge is -2.37. The van der Waals surface area contributed by atoms with Gasteiger partial charge in [0, 0.05) is 45.0 Å². The molecule has 0 aliphatic carbocycles. The predicted octanol–water partition coefficient (Wildman–Crippen LogP) is 2.14. The van der Waals surface area contributed by atoms with Crippen LogP contribution in [0.3, 0.4) is 0 Å². The minimum absolute atomic E-state index is 0.348. The number of guanidine groups is 1. The fourth-order valence-corrected chi connectivity index (χ4v) is 3.40. The summed E-state index contributed by atoms with van der Waals surface area (Å²) in [4.78, 5) is 9.36. The summed E-state index contributed by atoms with van der Waals surface area (Å²) in [6, 6.07) is 7.54. The zero-order chi connectivity index (χ0) is 19.1. The number of hydrogen-bond acceptors (Lipinski definition) is 4. The summed E-state index contributed by atoms with van der Waals surface area (Å²) in [5.74, 6) is 1.33. The van der Waals surface area contributed by atoms with Crippen molar-refractivity contribution >= 4 is 11.6 Å². The first-order valence-electron chi connectivity index (χ1n) is 9.74. The Morgan fingerprint density at radius 1 is 1.26 bits per heavy atom. The zero-order valence-corrected chi connectivity index (χ0v) is 16.3. The van der Waals surface area contributed by atoms with E-state index in [0.29, 0.717) is 5.75 Å². The first-order chi connectivity index (χ1) is 13.2. The predicted molar refractivity (Wildman–Crippen MR) is 110 cm³/mol. The fraction of sp³-hybridized carbons (Fsp3) is 0.500. The molecule has 2 heterocycles. The van der Waals surface area contributed by atoms with Crippen LogP contribution in [0.1, 0.15) is 24.6 Å². The van der Waals surface area contributed by atoms with E-state index in [2.05, 4.69) is 39.2 Å². The number of phenolic OH excluding ortho intramolecular Hbond substituents is 1. The standard InChI is InChI=1S/C20H30N6O/c1-3-21-20(22-10-6-7-17-15-23-24-16(17)2)26-13-11-25(12-14-26)18-8-4-5-9-19(18)27/h4-5,8-9,15,27H,3,6-7,10-14H2,1-2H3,(H,21,22)(H,23,24). The highest BCUT2D eigenvalue weighted by atomic mass is 16.3. The molecule has 1 aromatic carbocycles. The van der Waals surface area contributed by atoms with Crippen molar-refractivity contribution in [3.8, 4) is 5.75 Å². The number of aromatic amines is 1. The van der Waals surface area contributed by atoms with E-state index in [0.717, 1.165) is 69.5 Å². The van der Waals surface area contributed by atoms with Gasteiger partial charge in [0.1, 0.15) is 5.75 Å². The summed E-state index contributed by atoms with van der Waals surface area (Å²) in [5.41, 5.74) is 3.33. The lowest BCUT2D eigenvalue weighted by atomic mass is 10.1. The van der Waals surface area contributed by atoms with Crippen LogP contribution < -0.4 is 10.2 Å². The van der Waals surface area contributed by atoms with E-state index in [1.165, 1.54) is 5.56 Å². The second-order valence-electron chi connectivity index (χ2n) is 6.82. The SMILES string of the molecule is CCNC(=NCCCc1cn[nH]c1C)N1CCN(c2ccccc2O)CC1. The van der Waals surface area contributed by atoms with Gasteiger partial charge in [-0.05, 0) is 44.4 Å². The van der Waals surface area contributed by atoms with Gasteiger partial charge in [-0.3, -0.25) is 10.1 Å². The maximum absolute atomic E-state index is 10.1. The van der Waals surface area contributed by atoms with Crippen LogP contribution in [0, 0.1) is 6.92 Å². The molecule has 1 aliphatic rings. The second-order valence-corrected chi connectivity index (χ2v) is 6.82. The molecule has 0 saturated carbocycles. The second kappa shape index (κ2) is 9.30. The molecule has 3 N–H and O–H groups in total. The number of aliphatic imine (C=N–C) groups is 1. The monoisotopic (exact) mass is 370 g/mol. The van der Waals surface area contributed by atoms with Gasteiger partial charge in [-0.2, -0.15) is 5.10 Å². The Kier molecular flexibility index (Phi) is 6.57. The van der Waals surface area contributed by atoms with Gasteiger partial charge < -0.3 is 20.2 Å². The Labute approximate surface area is 161 Å². The minimum Gasteiger partial charge on any atom is -0.506 e. The van der Waals surface area contributed by atoms with Crippen molar-refractivity contribution in [2.45, 2.75) is 26.7 Å². The van der Waals surface area contributed by atoms with Crippen LogP contribution >= 0.6 is 0 Å². The van der Waals surface area contributed by atoms with E-state index < -0.39 is 0 Å². The summed E-state index contributed by atoms with van der Waals surface area (Å²) in [6.07, 6.45) is 3.90. The molecular formula is C20H30N6O. The Morgan fingerprint density at radius 2 is 2.04 bits per heavy atom. The van der Waals surface area contributed by atoms with Gasteiger partial charge >= 0.3 is 0 Å². The molecule has 0 atom stereocenters. The Morgan fingerprint density at radius 3 is 2.70 bits per heavy atom. The number of rotatable bonds is 6. The van der Waals surface area contributed by atoms with Gasteiger partial charge in [0.2, 0.25) is 0 Å². The van der Waals surface area contributed by atoms with Gasteiger partial charge in [-0.25, -0.2) is 0 Å². The van der Waals surface area contributed by atoms with Crippen LogP contribution in [0.25, 0.3) is 0 Å². The Hall–Kier alpha value is -2.70. The quantitative estimate of drug-likeness (QED) is 0.412. The lowest BCUT2D eigenvalue weighted by Crippen LogP contribution is -2.52. The lowest BCUT2D eigenvalue weighted by molar-refractivity contribution is 0.370. The molecule has 7 nitrogen and oxygen atoms in total. The number of aromatic nitrogens is 2. The van der Waals surface area contributed by atoms with E-state index in [9.17, 15) is 5.11 Å². The van der Waals surface area contributed by atoms with Crippen molar-refractivity contribution in [3.63, 3.8) is 0 Å². The number of benzene rings is 1. The molecule has 7 heteroatoms. The molecule has 2 aromatic rings. The number of aryl methyl sites for hydroxylation is 2. The number of phenols is 1. The third-order valence-corrected chi connectivity index (χ3v) is 4.94. The average Bonchev–Trinajstić information content (AvgIpc) is 3.10. The van der Waals surface area contributed by atoms with Crippen LogP contribution in [-0.2, 0) is 6.42 Å². The molecule has 0 spiro atoms. The van der Waals surface area contributed by atoms with Crippen LogP contribution in [0.2, 0.25) is 0 Å². The number of aromatic hydroxyl groups is 1. The third-order valence-electron chi connectivity index (χ3n) is 4.94. The molecule has 1 saturated heterocycles. The van der Waals surface area contributed by atoms with Crippen LogP contribution in [0.15, 0.2) is 35.5 Å². The zero-order valence-electron chi connectivity index (χ0n) is 16.3. The molecule has 0 amide bonds. The summed E-state index contributed by atoms with van der Waals surface area (Å²) < 4.78 is 0. The summed E-state index contributed by atoms with van der Waals surface area (Å²) >= 11 is 0. The van der Waals surface area contributed by atoms with E-state index in [1.54, 1.807) is 6.07 Å². The normalized spacial score (nSPS) is 15.3. The van der Waals surface area contributed by atoms with Crippen molar-refractivity contribution in [2.24, 2.45) is 4.99 Å². The number of nitrogens with one attached hydrogen (secondary N) is 2. The molecule has 1 aromatic heterocycles. The van der Waals surface area contributed by atoms with Crippen LogP contribution in [0.5, 0.6) is 5.75 Å². The van der Waals surface area contributed by atoms with Crippen LogP contribution in [-0.4, -0.2) is 65.4 Å².